The van der Waals surface area contributed by atoms with Crippen molar-refractivity contribution in [3.8, 4) is 0 Å². The molecule has 3 aromatic rings. The fraction of sp³-hybridized carbons (Fsp3) is 0.182. The summed E-state index contributed by atoms with van der Waals surface area (Å²) in [4.78, 5) is 23.9. The van der Waals surface area contributed by atoms with Crippen molar-refractivity contribution in [1.29, 1.82) is 0 Å². The minimum atomic E-state index is -0.403. The number of fused-ring (bicyclic) bond motifs is 1. The van der Waals surface area contributed by atoms with Gasteiger partial charge in [0, 0.05) is 6.54 Å². The highest BCUT2D eigenvalue weighted by Gasteiger charge is 2.10. The third-order valence-corrected chi connectivity index (χ3v) is 4.16. The van der Waals surface area contributed by atoms with Gasteiger partial charge in [-0.3, -0.25) is 9.59 Å². The summed E-state index contributed by atoms with van der Waals surface area (Å²) in [6.07, 6.45) is 0.898. The summed E-state index contributed by atoms with van der Waals surface area (Å²) in [5, 5.41) is 4.87. The summed E-state index contributed by atoms with van der Waals surface area (Å²) in [6, 6.07) is 23.6. The van der Waals surface area contributed by atoms with Gasteiger partial charge in [0.05, 0.1) is 6.42 Å². The maximum atomic E-state index is 12.1. The molecule has 0 aliphatic carbocycles. The molecule has 0 bridgehead atoms. The number of carbonyl (C=O) groups excluding carboxylic acids is 2. The Bertz CT molecular complexity index is 885. The van der Waals surface area contributed by atoms with Gasteiger partial charge in [0.15, 0.2) is 6.61 Å². The molecule has 0 unspecified atom stereocenters. The summed E-state index contributed by atoms with van der Waals surface area (Å²) in [5.74, 6) is -0.688. The van der Waals surface area contributed by atoms with Crippen molar-refractivity contribution in [3.63, 3.8) is 0 Å². The molecular weight excluding hydrogens is 326 g/mol. The number of benzene rings is 3. The van der Waals surface area contributed by atoms with Crippen LogP contribution in [0, 0.1) is 0 Å². The molecule has 26 heavy (non-hydrogen) atoms. The van der Waals surface area contributed by atoms with Crippen molar-refractivity contribution in [2.75, 3.05) is 13.2 Å². The first-order valence-electron chi connectivity index (χ1n) is 8.65. The van der Waals surface area contributed by atoms with E-state index in [-0.39, 0.29) is 18.9 Å². The molecule has 4 nitrogen and oxygen atoms in total. The van der Waals surface area contributed by atoms with Crippen LogP contribution in [0.5, 0.6) is 0 Å². The zero-order chi connectivity index (χ0) is 18.2. The third kappa shape index (κ3) is 4.93. The lowest BCUT2D eigenvalue weighted by Crippen LogP contribution is -2.30. The molecule has 1 N–H and O–H groups in total. The number of esters is 1. The molecule has 0 aliphatic heterocycles. The fourth-order valence-corrected chi connectivity index (χ4v) is 2.84. The van der Waals surface area contributed by atoms with Crippen LogP contribution >= 0.6 is 0 Å². The van der Waals surface area contributed by atoms with Crippen molar-refractivity contribution in [3.05, 3.63) is 83.9 Å². The molecule has 1 amide bonds. The number of carbonyl (C=O) groups is 2. The summed E-state index contributed by atoms with van der Waals surface area (Å²) >= 11 is 0. The molecule has 0 aliphatic rings. The lowest BCUT2D eigenvalue weighted by Gasteiger charge is -2.08. The Morgan fingerprint density at radius 3 is 2.42 bits per heavy atom. The van der Waals surface area contributed by atoms with Gasteiger partial charge in [-0.05, 0) is 28.3 Å². The average molecular weight is 347 g/mol. The van der Waals surface area contributed by atoms with E-state index in [9.17, 15) is 9.59 Å². The second-order valence-electron chi connectivity index (χ2n) is 6.06. The van der Waals surface area contributed by atoms with Gasteiger partial charge in [0.1, 0.15) is 0 Å². The molecule has 0 heterocycles. The van der Waals surface area contributed by atoms with Gasteiger partial charge in [-0.1, -0.05) is 72.8 Å². The minimum absolute atomic E-state index is 0.151. The molecule has 0 spiro atoms. The molecule has 132 valence electrons. The molecule has 0 saturated heterocycles. The van der Waals surface area contributed by atoms with Gasteiger partial charge in [-0.2, -0.15) is 0 Å². The van der Waals surface area contributed by atoms with E-state index in [0.29, 0.717) is 6.54 Å². The highest BCUT2D eigenvalue weighted by Crippen LogP contribution is 2.19. The van der Waals surface area contributed by atoms with Crippen LogP contribution < -0.4 is 5.32 Å². The first-order valence-corrected chi connectivity index (χ1v) is 8.65. The summed E-state index contributed by atoms with van der Waals surface area (Å²) in [7, 11) is 0. The first-order chi connectivity index (χ1) is 12.7. The molecule has 0 saturated carbocycles. The normalized spacial score (nSPS) is 10.5. The predicted octanol–water partition coefficient (Wildman–Crippen LogP) is 3.28. The van der Waals surface area contributed by atoms with Crippen LogP contribution in [0.2, 0.25) is 0 Å². The van der Waals surface area contributed by atoms with Gasteiger partial charge in [0.25, 0.3) is 5.91 Å². The van der Waals surface area contributed by atoms with E-state index in [0.717, 1.165) is 28.3 Å². The SMILES string of the molecule is O=C(COC(=O)Cc1cccc2ccccc12)NCCc1ccccc1. The van der Waals surface area contributed by atoms with E-state index >= 15 is 0 Å². The highest BCUT2D eigenvalue weighted by atomic mass is 16.5. The van der Waals surface area contributed by atoms with Gasteiger partial charge < -0.3 is 10.1 Å². The number of amides is 1. The van der Waals surface area contributed by atoms with Crippen molar-refractivity contribution >= 4 is 22.6 Å². The Morgan fingerprint density at radius 1 is 0.846 bits per heavy atom. The molecule has 0 atom stereocenters. The van der Waals surface area contributed by atoms with Crippen molar-refractivity contribution < 1.29 is 14.3 Å². The molecule has 3 aromatic carbocycles. The molecule has 3 rings (SSSR count). The van der Waals surface area contributed by atoms with Crippen molar-refractivity contribution in [1.82, 2.24) is 5.32 Å². The zero-order valence-electron chi connectivity index (χ0n) is 14.5. The van der Waals surface area contributed by atoms with Crippen LogP contribution in [0.15, 0.2) is 72.8 Å². The number of nitrogens with one attached hydrogen (secondary N) is 1. The number of hydrogen-bond donors (Lipinski definition) is 1. The Labute approximate surface area is 152 Å². The first kappa shape index (κ1) is 17.7. The Kier molecular flexibility index (Phi) is 5.99. The Morgan fingerprint density at radius 2 is 1.58 bits per heavy atom. The molecule has 0 aromatic heterocycles. The van der Waals surface area contributed by atoms with Crippen molar-refractivity contribution in [2.45, 2.75) is 12.8 Å². The third-order valence-electron chi connectivity index (χ3n) is 4.16. The van der Waals surface area contributed by atoms with Gasteiger partial charge in [-0.15, -0.1) is 0 Å². The lowest BCUT2D eigenvalue weighted by molar-refractivity contribution is -0.147. The zero-order valence-corrected chi connectivity index (χ0v) is 14.5. The van der Waals surface area contributed by atoms with Crippen molar-refractivity contribution in [2.24, 2.45) is 0 Å². The molecular formula is C22H21NO3. The monoisotopic (exact) mass is 347 g/mol. The Balaban J connectivity index is 1.44. The van der Waals surface area contributed by atoms with E-state index in [4.69, 9.17) is 4.74 Å². The molecule has 0 radical (unpaired) electrons. The van der Waals surface area contributed by atoms with E-state index in [1.54, 1.807) is 0 Å². The second kappa shape index (κ2) is 8.81. The van der Waals surface area contributed by atoms with Gasteiger partial charge in [0.2, 0.25) is 0 Å². The summed E-state index contributed by atoms with van der Waals surface area (Å²) in [5.41, 5.74) is 2.05. The summed E-state index contributed by atoms with van der Waals surface area (Å²) < 4.78 is 5.11. The minimum Gasteiger partial charge on any atom is -0.455 e. The highest BCUT2D eigenvalue weighted by molar-refractivity contribution is 5.89. The van der Waals surface area contributed by atoms with E-state index in [1.807, 2.05) is 72.8 Å². The van der Waals surface area contributed by atoms with E-state index < -0.39 is 5.97 Å². The number of hydrogen-bond acceptors (Lipinski definition) is 3. The topological polar surface area (TPSA) is 55.4 Å². The molecule has 4 heteroatoms. The molecule has 0 fully saturated rings. The maximum Gasteiger partial charge on any atom is 0.310 e. The van der Waals surface area contributed by atoms with E-state index in [2.05, 4.69) is 5.32 Å². The number of ether oxygens (including phenoxy) is 1. The summed E-state index contributed by atoms with van der Waals surface area (Å²) in [6.45, 7) is 0.266. The predicted molar refractivity (Wildman–Crippen MR) is 102 cm³/mol. The second-order valence-corrected chi connectivity index (χ2v) is 6.06. The van der Waals surface area contributed by atoms with Crippen LogP contribution in [0.3, 0.4) is 0 Å². The standard InChI is InChI=1S/C22H21NO3/c24-21(23-14-13-17-7-2-1-3-8-17)16-26-22(25)15-19-11-6-10-18-9-4-5-12-20(18)19/h1-12H,13-16H2,(H,23,24). The largest absolute Gasteiger partial charge is 0.455 e. The number of rotatable bonds is 7. The quantitative estimate of drug-likeness (QED) is 0.667. The van der Waals surface area contributed by atoms with E-state index in [1.165, 1.54) is 0 Å². The van der Waals surface area contributed by atoms with Crippen LogP contribution in [0.25, 0.3) is 10.8 Å². The van der Waals surface area contributed by atoms with Crippen LogP contribution in [-0.2, 0) is 27.2 Å². The maximum absolute atomic E-state index is 12.1. The van der Waals surface area contributed by atoms with Gasteiger partial charge >= 0.3 is 5.97 Å². The van der Waals surface area contributed by atoms with Crippen LogP contribution in [-0.4, -0.2) is 25.0 Å². The fourth-order valence-electron chi connectivity index (χ4n) is 2.84. The van der Waals surface area contributed by atoms with Crippen LogP contribution in [0.4, 0.5) is 0 Å². The Hall–Kier alpha value is -3.14. The smallest absolute Gasteiger partial charge is 0.310 e. The average Bonchev–Trinajstić information content (AvgIpc) is 2.67. The van der Waals surface area contributed by atoms with Gasteiger partial charge in [-0.25, -0.2) is 0 Å². The van der Waals surface area contributed by atoms with Crippen LogP contribution in [0.1, 0.15) is 11.1 Å². The lowest BCUT2D eigenvalue weighted by atomic mass is 10.0.